The molecule has 1 aromatic rings. The Morgan fingerprint density at radius 1 is 1.27 bits per heavy atom. The Morgan fingerprint density at radius 3 is 2.33 bits per heavy atom. The Hall–Kier alpha value is -0.580. The van der Waals surface area contributed by atoms with Crippen molar-refractivity contribution >= 4 is 15.9 Å². The van der Waals surface area contributed by atoms with Crippen LogP contribution in [0.25, 0.3) is 0 Å². The predicted octanol–water partition coefficient (Wildman–Crippen LogP) is 3.99. The highest BCUT2D eigenvalue weighted by molar-refractivity contribution is 9.09. The van der Waals surface area contributed by atoms with Crippen LogP contribution in [0.3, 0.4) is 0 Å². The number of aromatic nitrogens is 1. The number of rotatable bonds is 2. The lowest BCUT2D eigenvalue weighted by atomic mass is 10.0. The van der Waals surface area contributed by atoms with Crippen molar-refractivity contribution in [2.24, 2.45) is 0 Å². The van der Waals surface area contributed by atoms with Gasteiger partial charge in [0.2, 0.25) is 0 Å². The van der Waals surface area contributed by atoms with Crippen LogP contribution in [-0.4, -0.2) is 9.81 Å². The maximum absolute atomic E-state index is 12.4. The lowest BCUT2D eigenvalue weighted by Crippen LogP contribution is -2.12. The number of nitrogens with zero attached hydrogens (tertiary/aromatic N) is 1. The van der Waals surface area contributed by atoms with Crippen molar-refractivity contribution in [3.63, 3.8) is 0 Å². The van der Waals surface area contributed by atoms with E-state index in [1.54, 1.807) is 6.07 Å². The number of hydrogen-bond acceptors (Lipinski definition) is 1. The zero-order valence-electron chi connectivity index (χ0n) is 8.35. The summed E-state index contributed by atoms with van der Waals surface area (Å²) in [7, 11) is 0. The summed E-state index contributed by atoms with van der Waals surface area (Å²) >= 11 is 3.33. The monoisotopic (exact) mass is 281 g/mol. The minimum atomic E-state index is -4.37. The Labute approximate surface area is 94.8 Å². The highest BCUT2D eigenvalue weighted by Crippen LogP contribution is 2.30. The lowest BCUT2D eigenvalue weighted by Gasteiger charge is -2.15. The van der Waals surface area contributed by atoms with Gasteiger partial charge in [-0.15, -0.1) is 0 Å². The van der Waals surface area contributed by atoms with Gasteiger partial charge in [-0.2, -0.15) is 13.2 Å². The summed E-state index contributed by atoms with van der Waals surface area (Å²) in [6.45, 7) is 3.72. The van der Waals surface area contributed by atoms with E-state index >= 15 is 0 Å². The second-order valence-corrected chi connectivity index (χ2v) is 4.86. The molecule has 1 aromatic heterocycles. The van der Waals surface area contributed by atoms with E-state index in [0.29, 0.717) is 5.69 Å². The van der Waals surface area contributed by atoms with E-state index in [0.717, 1.165) is 6.07 Å². The third-order valence-corrected chi connectivity index (χ3v) is 3.01. The molecule has 0 spiro atoms. The van der Waals surface area contributed by atoms with Gasteiger partial charge in [0.05, 0.1) is 0 Å². The molecule has 0 fully saturated rings. The molecule has 0 saturated heterocycles. The molecule has 84 valence electrons. The molecule has 0 aliphatic carbocycles. The first-order valence-corrected chi connectivity index (χ1v) is 5.42. The average Bonchev–Trinajstić information content (AvgIpc) is 2.15. The van der Waals surface area contributed by atoms with Crippen LogP contribution in [0, 0.1) is 0 Å². The predicted molar refractivity (Wildman–Crippen MR) is 56.0 cm³/mol. The summed E-state index contributed by atoms with van der Waals surface area (Å²) in [4.78, 5) is 3.70. The van der Waals surface area contributed by atoms with E-state index < -0.39 is 11.9 Å². The van der Waals surface area contributed by atoms with Crippen molar-refractivity contribution in [2.45, 2.75) is 30.8 Å². The molecule has 0 bridgehead atoms. The second kappa shape index (κ2) is 4.51. The molecule has 0 amide bonds. The summed E-state index contributed by atoms with van der Waals surface area (Å²) in [5.41, 5.74) is -0.380. The van der Waals surface area contributed by atoms with E-state index in [9.17, 15) is 13.2 Å². The fourth-order valence-electron chi connectivity index (χ4n) is 1.10. The summed E-state index contributed by atoms with van der Waals surface area (Å²) < 4.78 is 37.1. The van der Waals surface area contributed by atoms with Crippen LogP contribution < -0.4 is 0 Å². The lowest BCUT2D eigenvalue weighted by molar-refractivity contribution is -0.141. The molecular formula is C10H11BrF3N. The van der Waals surface area contributed by atoms with Crippen molar-refractivity contribution in [1.82, 2.24) is 4.98 Å². The first kappa shape index (κ1) is 12.5. The molecule has 0 aliphatic heterocycles. The molecule has 15 heavy (non-hydrogen) atoms. The highest BCUT2D eigenvalue weighted by atomic mass is 79.9. The molecule has 1 heterocycles. The van der Waals surface area contributed by atoms with Gasteiger partial charge in [0.25, 0.3) is 0 Å². The molecule has 2 unspecified atom stereocenters. The summed E-state index contributed by atoms with van der Waals surface area (Å²) in [6.07, 6.45) is -4.37. The minimum absolute atomic E-state index is 0.0488. The van der Waals surface area contributed by atoms with Gasteiger partial charge in [-0.3, -0.25) is 0 Å². The Bertz CT molecular complexity index is 336. The Morgan fingerprint density at radius 2 is 1.87 bits per heavy atom. The molecule has 0 saturated carbocycles. The van der Waals surface area contributed by atoms with Crippen LogP contribution in [0.4, 0.5) is 13.2 Å². The van der Waals surface area contributed by atoms with Gasteiger partial charge in [-0.25, -0.2) is 4.98 Å². The van der Waals surface area contributed by atoms with Crippen LogP contribution in [0.1, 0.15) is 31.2 Å². The van der Waals surface area contributed by atoms with Crippen molar-refractivity contribution in [1.29, 1.82) is 0 Å². The molecule has 1 rings (SSSR count). The van der Waals surface area contributed by atoms with Crippen LogP contribution in [0.5, 0.6) is 0 Å². The maximum Gasteiger partial charge on any atom is 0.433 e. The maximum atomic E-state index is 12.4. The largest absolute Gasteiger partial charge is 0.433 e. The van der Waals surface area contributed by atoms with Crippen LogP contribution in [0.2, 0.25) is 0 Å². The molecule has 0 radical (unpaired) electrons. The normalized spacial score (nSPS) is 16.1. The van der Waals surface area contributed by atoms with Gasteiger partial charge in [0.15, 0.2) is 0 Å². The van der Waals surface area contributed by atoms with Gasteiger partial charge < -0.3 is 0 Å². The Balaban J connectivity index is 3.03. The van der Waals surface area contributed by atoms with Gasteiger partial charge in [0.1, 0.15) is 5.69 Å². The van der Waals surface area contributed by atoms with Gasteiger partial charge in [0, 0.05) is 16.4 Å². The van der Waals surface area contributed by atoms with Gasteiger partial charge in [-0.05, 0) is 12.1 Å². The summed E-state index contributed by atoms with van der Waals surface area (Å²) in [6, 6.07) is 3.98. The molecule has 0 N–H and O–H groups in total. The van der Waals surface area contributed by atoms with Crippen molar-refractivity contribution in [2.75, 3.05) is 0 Å². The number of halogens is 4. The van der Waals surface area contributed by atoms with Crippen LogP contribution >= 0.6 is 15.9 Å². The fourth-order valence-corrected chi connectivity index (χ4v) is 1.37. The smallest absolute Gasteiger partial charge is 0.248 e. The topological polar surface area (TPSA) is 12.9 Å². The third-order valence-electron chi connectivity index (χ3n) is 2.22. The first-order chi connectivity index (χ1) is 6.82. The van der Waals surface area contributed by atoms with E-state index in [1.807, 2.05) is 13.8 Å². The number of alkyl halides is 4. The fraction of sp³-hybridized carbons (Fsp3) is 0.500. The van der Waals surface area contributed by atoms with Crippen molar-refractivity contribution < 1.29 is 13.2 Å². The molecule has 5 heteroatoms. The van der Waals surface area contributed by atoms with E-state index in [4.69, 9.17) is 0 Å². The second-order valence-electron chi connectivity index (χ2n) is 3.41. The molecular weight excluding hydrogens is 271 g/mol. The Kier molecular flexibility index (Phi) is 3.76. The summed E-state index contributed by atoms with van der Waals surface area (Å²) in [5.74, 6) is -0.0488. The minimum Gasteiger partial charge on any atom is -0.248 e. The molecule has 1 nitrogen and oxygen atoms in total. The highest BCUT2D eigenvalue weighted by Gasteiger charge is 2.32. The van der Waals surface area contributed by atoms with E-state index in [1.165, 1.54) is 6.07 Å². The van der Waals surface area contributed by atoms with Crippen LogP contribution in [-0.2, 0) is 6.18 Å². The average molecular weight is 282 g/mol. The summed E-state index contributed by atoms with van der Waals surface area (Å²) in [5, 5.41) is 0. The van der Waals surface area contributed by atoms with E-state index in [2.05, 4.69) is 20.9 Å². The van der Waals surface area contributed by atoms with Crippen molar-refractivity contribution in [3.8, 4) is 0 Å². The molecule has 0 aromatic carbocycles. The number of pyridine rings is 1. The quantitative estimate of drug-likeness (QED) is 0.747. The zero-order valence-corrected chi connectivity index (χ0v) is 9.93. The van der Waals surface area contributed by atoms with Gasteiger partial charge >= 0.3 is 6.18 Å². The van der Waals surface area contributed by atoms with Gasteiger partial charge in [-0.1, -0.05) is 35.8 Å². The van der Waals surface area contributed by atoms with Crippen molar-refractivity contribution in [3.05, 3.63) is 29.6 Å². The first-order valence-electron chi connectivity index (χ1n) is 4.50. The van der Waals surface area contributed by atoms with Crippen LogP contribution in [0.15, 0.2) is 18.2 Å². The SMILES string of the molecule is CC(Br)C(C)c1cccc(C(F)(F)F)n1. The van der Waals surface area contributed by atoms with E-state index in [-0.39, 0.29) is 10.7 Å². The molecule has 2 atom stereocenters. The molecule has 0 aliphatic rings. The number of hydrogen-bond donors (Lipinski definition) is 0. The zero-order chi connectivity index (χ0) is 11.6. The standard InChI is InChI=1S/C10H11BrF3N/c1-6(7(2)11)8-4-3-5-9(15-8)10(12,13)14/h3-7H,1-2H3. The third kappa shape index (κ3) is 3.19.